The summed E-state index contributed by atoms with van der Waals surface area (Å²) in [6.07, 6.45) is -2.94. The third-order valence-corrected chi connectivity index (χ3v) is 4.57. The fourth-order valence-corrected chi connectivity index (χ4v) is 3.75. The van der Waals surface area contributed by atoms with Crippen LogP contribution in [0.1, 0.15) is 6.92 Å². The van der Waals surface area contributed by atoms with Crippen LogP contribution in [0.2, 0.25) is 0 Å². The number of hydrogen-bond acceptors (Lipinski definition) is 10. The summed E-state index contributed by atoms with van der Waals surface area (Å²) in [5.74, 6) is 0.0685. The second-order valence-corrected chi connectivity index (χ2v) is 9.01. The van der Waals surface area contributed by atoms with E-state index in [-0.39, 0.29) is 10.9 Å². The van der Waals surface area contributed by atoms with E-state index < -0.39 is 44.8 Å². The lowest BCUT2D eigenvalue weighted by Gasteiger charge is -2.21. The predicted octanol–water partition coefficient (Wildman–Crippen LogP) is -0.673. The molecular weight excluding hydrogens is 360 g/mol. The van der Waals surface area contributed by atoms with E-state index in [1.54, 1.807) is 0 Å². The van der Waals surface area contributed by atoms with Gasteiger partial charge in [0.2, 0.25) is 0 Å². The molecule has 0 saturated carbocycles. The molecule has 1 aliphatic heterocycles. The highest BCUT2D eigenvalue weighted by Crippen LogP contribution is 2.31. The van der Waals surface area contributed by atoms with E-state index in [0.717, 1.165) is 24.3 Å². The number of ether oxygens (including phenoxy) is 2. The van der Waals surface area contributed by atoms with Gasteiger partial charge < -0.3 is 9.47 Å². The number of hydrogen-bond donors (Lipinski definition) is 0. The average Bonchev–Trinajstić information content (AvgIpc) is 2.61. The van der Waals surface area contributed by atoms with E-state index in [4.69, 9.17) is 17.8 Å². The third kappa shape index (κ3) is 6.48. The maximum absolute atomic E-state index is 11.4. The van der Waals surface area contributed by atoms with Crippen molar-refractivity contribution in [1.82, 2.24) is 0 Å². The summed E-state index contributed by atoms with van der Waals surface area (Å²) in [5.41, 5.74) is 0. The zero-order chi connectivity index (χ0) is 17.1. The van der Waals surface area contributed by atoms with Gasteiger partial charge in [-0.05, 0) is 0 Å². The van der Waals surface area contributed by atoms with Gasteiger partial charge in [-0.2, -0.15) is 16.8 Å². The minimum absolute atomic E-state index is 0.0685. The minimum atomic E-state index is -3.90. The van der Waals surface area contributed by atoms with Crippen molar-refractivity contribution in [3.05, 3.63) is 0 Å². The quantitative estimate of drug-likeness (QED) is 0.527. The molecule has 0 bridgehead atoms. The smallest absolute Gasteiger partial charge is 0.264 e. The first-order valence-electron chi connectivity index (χ1n) is 6.01. The molecule has 0 aromatic heterocycles. The molecule has 0 spiro atoms. The Morgan fingerprint density at radius 1 is 1.09 bits per heavy atom. The number of carbonyl (C=O) groups is 1. The molecule has 0 radical (unpaired) electrons. The number of thioether (sulfide) groups is 1. The summed E-state index contributed by atoms with van der Waals surface area (Å²) in [6.45, 7) is 1.34. The van der Waals surface area contributed by atoms with E-state index in [9.17, 15) is 21.6 Å². The molecule has 22 heavy (non-hydrogen) atoms. The molecule has 0 aliphatic carbocycles. The zero-order valence-electron chi connectivity index (χ0n) is 12.4. The largest absolute Gasteiger partial charge is 0.353 e. The number of carbonyl (C=O) groups excluding carboxylic acids is 1. The van der Waals surface area contributed by atoms with E-state index in [2.05, 4.69) is 0 Å². The predicted molar refractivity (Wildman–Crippen MR) is 78.2 cm³/mol. The molecule has 1 heterocycles. The Bertz CT molecular complexity index is 597. The maximum atomic E-state index is 11.4. The topological polar surface area (TPSA) is 122 Å². The van der Waals surface area contributed by atoms with E-state index in [1.165, 1.54) is 14.0 Å². The fraction of sp³-hybridized carbons (Fsp3) is 0.900. The number of rotatable bonds is 7. The van der Waals surface area contributed by atoms with Gasteiger partial charge in [0.05, 0.1) is 12.5 Å². The van der Waals surface area contributed by atoms with Gasteiger partial charge >= 0.3 is 0 Å². The molecule has 1 aliphatic rings. The van der Waals surface area contributed by atoms with E-state index in [1.807, 2.05) is 0 Å². The van der Waals surface area contributed by atoms with Crippen LogP contribution in [0, 0.1) is 0 Å². The number of methoxy groups -OCH3 is 1. The Kier molecular flexibility index (Phi) is 6.80. The molecule has 0 aromatic carbocycles. The van der Waals surface area contributed by atoms with E-state index >= 15 is 0 Å². The maximum Gasteiger partial charge on any atom is 0.264 e. The molecule has 0 N–H and O–H groups in total. The highest BCUT2D eigenvalue weighted by Gasteiger charge is 2.50. The van der Waals surface area contributed by atoms with Gasteiger partial charge in [0.25, 0.3) is 20.2 Å². The van der Waals surface area contributed by atoms with Crippen LogP contribution in [0.4, 0.5) is 0 Å². The van der Waals surface area contributed by atoms with Crippen molar-refractivity contribution in [3.8, 4) is 0 Å². The molecule has 130 valence electrons. The molecule has 12 heteroatoms. The van der Waals surface area contributed by atoms with Crippen LogP contribution in [0.15, 0.2) is 0 Å². The Labute approximate surface area is 133 Å². The standard InChI is InChI=1S/C10H18O9S3/c1-6(11)20-5-7-8(18-21(3,12)13)9(10(16-2)17-7)19-22(4,14)15/h7-10H,5H2,1-4H3/t7-,8+,9-,10-/m1/s1. The fourth-order valence-electron chi connectivity index (χ4n) is 1.84. The molecule has 0 unspecified atom stereocenters. The summed E-state index contributed by atoms with van der Waals surface area (Å²) < 4.78 is 65.5. The van der Waals surface area contributed by atoms with Gasteiger partial charge in [-0.25, -0.2) is 0 Å². The normalized spacial score (nSPS) is 29.6. The molecule has 1 rings (SSSR count). The van der Waals surface area contributed by atoms with Crippen LogP contribution in [0.5, 0.6) is 0 Å². The Morgan fingerprint density at radius 3 is 2.00 bits per heavy atom. The summed E-state index contributed by atoms with van der Waals surface area (Å²) in [5, 5.41) is -0.205. The first-order valence-corrected chi connectivity index (χ1v) is 10.6. The van der Waals surface area contributed by atoms with Crippen molar-refractivity contribution in [2.75, 3.05) is 25.4 Å². The summed E-state index contributed by atoms with van der Waals surface area (Å²) in [4.78, 5) is 11.0. The first-order chi connectivity index (χ1) is 9.93. The molecular formula is C10H18O9S3. The van der Waals surface area contributed by atoms with Gasteiger partial charge in [-0.1, -0.05) is 11.8 Å². The highest BCUT2D eigenvalue weighted by molar-refractivity contribution is 8.13. The minimum Gasteiger partial charge on any atom is -0.353 e. The lowest BCUT2D eigenvalue weighted by Crippen LogP contribution is -2.41. The molecule has 0 aromatic rings. The monoisotopic (exact) mass is 378 g/mol. The van der Waals surface area contributed by atoms with Gasteiger partial charge in [-0.15, -0.1) is 0 Å². The second-order valence-electron chi connectivity index (χ2n) is 4.61. The van der Waals surface area contributed by atoms with E-state index in [0.29, 0.717) is 0 Å². The van der Waals surface area contributed by atoms with Crippen molar-refractivity contribution in [1.29, 1.82) is 0 Å². The van der Waals surface area contributed by atoms with Crippen molar-refractivity contribution < 1.29 is 39.5 Å². The van der Waals surface area contributed by atoms with Crippen LogP contribution in [-0.2, 0) is 42.9 Å². The summed E-state index contributed by atoms with van der Waals surface area (Å²) >= 11 is 0.892. The first kappa shape index (κ1) is 19.8. The molecule has 0 amide bonds. The van der Waals surface area contributed by atoms with Gasteiger partial charge in [0, 0.05) is 19.8 Å². The van der Waals surface area contributed by atoms with Crippen LogP contribution in [-0.4, -0.2) is 71.9 Å². The van der Waals surface area contributed by atoms with Crippen molar-refractivity contribution in [3.63, 3.8) is 0 Å². The second kappa shape index (κ2) is 7.55. The lowest BCUT2D eigenvalue weighted by atomic mass is 10.2. The summed E-state index contributed by atoms with van der Waals surface area (Å²) in [6, 6.07) is 0. The van der Waals surface area contributed by atoms with Crippen LogP contribution in [0.25, 0.3) is 0 Å². The van der Waals surface area contributed by atoms with Crippen LogP contribution >= 0.6 is 11.8 Å². The van der Waals surface area contributed by atoms with Gasteiger partial charge in [-0.3, -0.25) is 13.2 Å². The van der Waals surface area contributed by atoms with Crippen molar-refractivity contribution >= 4 is 37.1 Å². The van der Waals surface area contributed by atoms with Crippen molar-refractivity contribution in [2.24, 2.45) is 0 Å². The zero-order valence-corrected chi connectivity index (χ0v) is 14.9. The average molecular weight is 378 g/mol. The molecule has 4 atom stereocenters. The van der Waals surface area contributed by atoms with Crippen LogP contribution < -0.4 is 0 Å². The Morgan fingerprint density at radius 2 is 1.59 bits per heavy atom. The molecule has 9 nitrogen and oxygen atoms in total. The Hall–Kier alpha value is -0.240. The lowest BCUT2D eigenvalue weighted by molar-refractivity contribution is -0.138. The molecule has 1 saturated heterocycles. The Balaban J connectivity index is 3.04. The third-order valence-electron chi connectivity index (χ3n) is 2.52. The van der Waals surface area contributed by atoms with Gasteiger partial charge in [0.1, 0.15) is 12.2 Å². The molecule has 1 fully saturated rings. The SMILES string of the molecule is CO[C@@H]1O[C@H](CSC(C)=O)[C@H](OS(C)(=O)=O)[C@H]1OS(C)(=O)=O. The van der Waals surface area contributed by atoms with Gasteiger partial charge in [0.15, 0.2) is 17.5 Å². The van der Waals surface area contributed by atoms with Crippen LogP contribution in [0.3, 0.4) is 0 Å². The summed E-state index contributed by atoms with van der Waals surface area (Å²) in [7, 11) is -6.55. The highest BCUT2D eigenvalue weighted by atomic mass is 32.2. The van der Waals surface area contributed by atoms with Crippen molar-refractivity contribution in [2.45, 2.75) is 31.5 Å².